The summed E-state index contributed by atoms with van der Waals surface area (Å²) < 4.78 is 7.39. The summed E-state index contributed by atoms with van der Waals surface area (Å²) in [5.74, 6) is 1.14. The van der Waals surface area contributed by atoms with Crippen LogP contribution in [-0.2, 0) is 4.74 Å². The molecule has 1 N–H and O–H groups in total. The van der Waals surface area contributed by atoms with Crippen LogP contribution in [0.15, 0.2) is 43.0 Å². The Morgan fingerprint density at radius 2 is 2.05 bits per heavy atom. The van der Waals surface area contributed by atoms with E-state index in [2.05, 4.69) is 9.88 Å². The molecule has 0 amide bonds. The third kappa shape index (κ3) is 2.27. The fourth-order valence-corrected chi connectivity index (χ4v) is 2.72. The molecule has 0 saturated carbocycles. The molecule has 1 saturated heterocycles. The van der Waals surface area contributed by atoms with Gasteiger partial charge in [-0.25, -0.2) is 9.97 Å². The van der Waals surface area contributed by atoms with E-state index in [1.165, 1.54) is 0 Å². The van der Waals surface area contributed by atoms with E-state index in [4.69, 9.17) is 9.72 Å². The van der Waals surface area contributed by atoms with E-state index in [-0.39, 0.29) is 5.75 Å². The topological polar surface area (TPSA) is 62.9 Å². The lowest BCUT2D eigenvalue weighted by molar-refractivity contribution is 0.122. The first-order valence-corrected chi connectivity index (χ1v) is 7.26. The minimum atomic E-state index is 0.234. The first-order valence-electron chi connectivity index (χ1n) is 7.26. The molecule has 6 nitrogen and oxygen atoms in total. The third-order valence-electron chi connectivity index (χ3n) is 3.84. The van der Waals surface area contributed by atoms with Crippen LogP contribution in [0.3, 0.4) is 0 Å². The van der Waals surface area contributed by atoms with Crippen LogP contribution >= 0.6 is 0 Å². The Morgan fingerprint density at radius 3 is 2.86 bits per heavy atom. The molecule has 0 bridgehead atoms. The summed E-state index contributed by atoms with van der Waals surface area (Å²) in [4.78, 5) is 11.2. The van der Waals surface area contributed by atoms with E-state index < -0.39 is 0 Å². The lowest BCUT2D eigenvalue weighted by atomic mass is 10.1. The highest BCUT2D eigenvalue weighted by molar-refractivity contribution is 5.73. The number of fused-ring (bicyclic) bond motifs is 1. The number of hydrogen-bond donors (Lipinski definition) is 1. The number of phenolic OH excluding ortho intramolecular Hbond substituents is 1. The Balaban J connectivity index is 1.86. The smallest absolute Gasteiger partial charge is 0.155 e. The molecule has 112 valence electrons. The van der Waals surface area contributed by atoms with Gasteiger partial charge in [0.25, 0.3) is 0 Å². The number of aromatic hydroxyl groups is 1. The van der Waals surface area contributed by atoms with Gasteiger partial charge in [-0.1, -0.05) is 12.1 Å². The van der Waals surface area contributed by atoms with Gasteiger partial charge in [0.2, 0.25) is 0 Å². The number of morpholine rings is 1. The number of benzene rings is 1. The zero-order chi connectivity index (χ0) is 14.9. The van der Waals surface area contributed by atoms with Gasteiger partial charge in [-0.15, -0.1) is 0 Å². The molecule has 1 aliphatic rings. The normalized spacial score (nSPS) is 15.4. The van der Waals surface area contributed by atoms with E-state index in [1.54, 1.807) is 18.5 Å². The van der Waals surface area contributed by atoms with Gasteiger partial charge in [-0.05, 0) is 12.1 Å². The maximum Gasteiger partial charge on any atom is 0.155 e. The number of rotatable bonds is 2. The molecular weight excluding hydrogens is 280 g/mol. The molecule has 1 aromatic carbocycles. The zero-order valence-electron chi connectivity index (χ0n) is 12.0. The SMILES string of the molecule is Oc1cccc(-c2cn3cncc3c(N3CCOCC3)n2)c1. The predicted molar refractivity (Wildman–Crippen MR) is 83.1 cm³/mol. The van der Waals surface area contributed by atoms with Crippen molar-refractivity contribution in [1.82, 2.24) is 14.4 Å². The molecule has 1 aliphatic heterocycles. The predicted octanol–water partition coefficient (Wildman–Crippen LogP) is 1.94. The van der Waals surface area contributed by atoms with Crippen LogP contribution in [0, 0.1) is 0 Å². The van der Waals surface area contributed by atoms with Crippen LogP contribution in [0.2, 0.25) is 0 Å². The van der Waals surface area contributed by atoms with Gasteiger partial charge < -0.3 is 19.1 Å². The Kier molecular flexibility index (Phi) is 3.16. The lowest BCUT2D eigenvalue weighted by Crippen LogP contribution is -2.37. The summed E-state index contributed by atoms with van der Waals surface area (Å²) in [6, 6.07) is 7.13. The molecule has 4 rings (SSSR count). The maximum absolute atomic E-state index is 9.69. The first-order chi connectivity index (χ1) is 10.8. The Hall–Kier alpha value is -2.60. The second-order valence-corrected chi connectivity index (χ2v) is 5.29. The van der Waals surface area contributed by atoms with Gasteiger partial charge in [0.1, 0.15) is 11.3 Å². The van der Waals surface area contributed by atoms with Gasteiger partial charge in [0, 0.05) is 24.8 Å². The van der Waals surface area contributed by atoms with E-state index in [1.807, 2.05) is 28.9 Å². The van der Waals surface area contributed by atoms with Crippen molar-refractivity contribution in [2.45, 2.75) is 0 Å². The van der Waals surface area contributed by atoms with Crippen molar-refractivity contribution in [3.63, 3.8) is 0 Å². The third-order valence-corrected chi connectivity index (χ3v) is 3.84. The largest absolute Gasteiger partial charge is 0.508 e. The summed E-state index contributed by atoms with van der Waals surface area (Å²) in [6.45, 7) is 3.05. The van der Waals surface area contributed by atoms with Crippen molar-refractivity contribution in [2.24, 2.45) is 0 Å². The van der Waals surface area contributed by atoms with Crippen molar-refractivity contribution in [3.05, 3.63) is 43.0 Å². The average Bonchev–Trinajstić information content (AvgIpc) is 3.03. The van der Waals surface area contributed by atoms with Crippen LogP contribution < -0.4 is 4.90 Å². The van der Waals surface area contributed by atoms with Gasteiger partial charge >= 0.3 is 0 Å². The number of nitrogens with zero attached hydrogens (tertiary/aromatic N) is 4. The van der Waals surface area contributed by atoms with E-state index >= 15 is 0 Å². The minimum absolute atomic E-state index is 0.234. The van der Waals surface area contributed by atoms with Gasteiger partial charge in [0.15, 0.2) is 5.82 Å². The van der Waals surface area contributed by atoms with Crippen LogP contribution in [-0.4, -0.2) is 45.8 Å². The van der Waals surface area contributed by atoms with Crippen LogP contribution in [0.5, 0.6) is 5.75 Å². The number of phenols is 1. The zero-order valence-corrected chi connectivity index (χ0v) is 12.0. The molecular formula is C16H16N4O2. The summed E-state index contributed by atoms with van der Waals surface area (Å²) in [5.41, 5.74) is 2.67. The minimum Gasteiger partial charge on any atom is -0.508 e. The Bertz CT molecular complexity index is 809. The van der Waals surface area contributed by atoms with Crippen LogP contribution in [0.25, 0.3) is 16.8 Å². The molecule has 0 atom stereocenters. The molecule has 0 unspecified atom stereocenters. The molecule has 0 radical (unpaired) electrons. The highest BCUT2D eigenvalue weighted by atomic mass is 16.5. The summed E-state index contributed by atoms with van der Waals surface area (Å²) in [5, 5.41) is 9.69. The molecule has 22 heavy (non-hydrogen) atoms. The highest BCUT2D eigenvalue weighted by Crippen LogP contribution is 2.27. The summed E-state index contributed by atoms with van der Waals surface area (Å²) >= 11 is 0. The van der Waals surface area contributed by atoms with Gasteiger partial charge in [-0.3, -0.25) is 0 Å². The number of anilines is 1. The second-order valence-electron chi connectivity index (χ2n) is 5.29. The van der Waals surface area contributed by atoms with Gasteiger partial charge in [0.05, 0.1) is 31.4 Å². The fourth-order valence-electron chi connectivity index (χ4n) is 2.72. The Labute approximate surface area is 127 Å². The van der Waals surface area contributed by atoms with Crippen molar-refractivity contribution in [3.8, 4) is 17.0 Å². The van der Waals surface area contributed by atoms with Crippen molar-refractivity contribution >= 4 is 11.3 Å². The summed E-state index contributed by atoms with van der Waals surface area (Å²) in [6.07, 6.45) is 5.53. The van der Waals surface area contributed by atoms with Gasteiger partial charge in [-0.2, -0.15) is 0 Å². The quantitative estimate of drug-likeness (QED) is 0.783. The standard InChI is InChI=1S/C16H16N4O2/c21-13-3-1-2-12(8-13)14-10-20-11-17-9-15(20)16(18-14)19-4-6-22-7-5-19/h1-3,8-11,21H,4-7H2. The first kappa shape index (κ1) is 13.1. The second kappa shape index (κ2) is 5.31. The van der Waals surface area contributed by atoms with E-state index in [0.29, 0.717) is 13.2 Å². The molecule has 0 aliphatic carbocycles. The molecule has 1 fully saturated rings. The Morgan fingerprint density at radius 1 is 1.18 bits per heavy atom. The molecule has 2 aromatic heterocycles. The van der Waals surface area contributed by atoms with Crippen LogP contribution in [0.1, 0.15) is 0 Å². The van der Waals surface area contributed by atoms with E-state index in [0.717, 1.165) is 35.7 Å². The summed E-state index contributed by atoms with van der Waals surface area (Å²) in [7, 11) is 0. The molecule has 0 spiro atoms. The monoisotopic (exact) mass is 296 g/mol. The maximum atomic E-state index is 9.69. The van der Waals surface area contributed by atoms with Crippen molar-refractivity contribution in [1.29, 1.82) is 0 Å². The number of aromatic nitrogens is 3. The molecule has 6 heteroatoms. The van der Waals surface area contributed by atoms with Crippen molar-refractivity contribution < 1.29 is 9.84 Å². The van der Waals surface area contributed by atoms with Crippen LogP contribution in [0.4, 0.5) is 5.82 Å². The number of ether oxygens (including phenoxy) is 1. The van der Waals surface area contributed by atoms with Crippen molar-refractivity contribution in [2.75, 3.05) is 31.2 Å². The van der Waals surface area contributed by atoms with E-state index in [9.17, 15) is 5.11 Å². The number of imidazole rings is 1. The lowest BCUT2D eigenvalue weighted by Gasteiger charge is -2.28. The molecule has 3 aromatic rings. The fraction of sp³-hybridized carbons (Fsp3) is 0.250. The molecule has 3 heterocycles. The average molecular weight is 296 g/mol. The number of hydrogen-bond acceptors (Lipinski definition) is 5. The highest BCUT2D eigenvalue weighted by Gasteiger charge is 2.17.